The molecule has 0 saturated carbocycles. The second kappa shape index (κ2) is 8.48. The SMILES string of the molecule is Cc1nc2ccc(NC(=O)CC3CCN(C(=O)c4ccc5c(c4)n(C)c(=O)n5C)CC3)cc2[nH]1. The van der Waals surface area contributed by atoms with Crippen LogP contribution in [0.25, 0.3) is 22.1 Å². The number of piperidine rings is 1. The molecule has 1 saturated heterocycles. The molecule has 0 atom stereocenters. The first-order chi connectivity index (χ1) is 16.3. The van der Waals surface area contributed by atoms with Gasteiger partial charge in [0.1, 0.15) is 5.82 Å². The summed E-state index contributed by atoms with van der Waals surface area (Å²) >= 11 is 0. The highest BCUT2D eigenvalue weighted by Gasteiger charge is 2.25. The van der Waals surface area contributed by atoms with Crippen LogP contribution in [0.5, 0.6) is 0 Å². The van der Waals surface area contributed by atoms with Crippen molar-refractivity contribution < 1.29 is 9.59 Å². The summed E-state index contributed by atoms with van der Waals surface area (Å²) in [5, 5.41) is 2.98. The average molecular weight is 461 g/mol. The van der Waals surface area contributed by atoms with Gasteiger partial charge in [-0.2, -0.15) is 0 Å². The summed E-state index contributed by atoms with van der Waals surface area (Å²) in [6, 6.07) is 11.0. The summed E-state index contributed by atoms with van der Waals surface area (Å²) in [4.78, 5) is 47.2. The van der Waals surface area contributed by atoms with Gasteiger partial charge in [-0.3, -0.25) is 18.7 Å². The van der Waals surface area contributed by atoms with E-state index in [9.17, 15) is 14.4 Å². The van der Waals surface area contributed by atoms with Crippen LogP contribution >= 0.6 is 0 Å². The summed E-state index contributed by atoms with van der Waals surface area (Å²) in [7, 11) is 3.44. The predicted octanol–water partition coefficient (Wildman–Crippen LogP) is 2.94. The second-order valence-corrected chi connectivity index (χ2v) is 9.15. The van der Waals surface area contributed by atoms with Crippen molar-refractivity contribution in [2.24, 2.45) is 20.0 Å². The molecule has 1 aliphatic rings. The summed E-state index contributed by atoms with van der Waals surface area (Å²) in [6.07, 6.45) is 1.99. The van der Waals surface area contributed by atoms with Crippen molar-refractivity contribution in [2.75, 3.05) is 18.4 Å². The molecule has 0 unspecified atom stereocenters. The third kappa shape index (κ3) is 3.98. The lowest BCUT2D eigenvalue weighted by Crippen LogP contribution is -2.39. The Labute approximate surface area is 196 Å². The summed E-state index contributed by atoms with van der Waals surface area (Å²) in [5.74, 6) is 1.02. The van der Waals surface area contributed by atoms with Gasteiger partial charge in [-0.1, -0.05) is 0 Å². The van der Waals surface area contributed by atoms with Crippen LogP contribution < -0.4 is 11.0 Å². The third-order valence-electron chi connectivity index (χ3n) is 6.78. The molecule has 2 aromatic carbocycles. The number of amides is 2. The number of anilines is 1. The van der Waals surface area contributed by atoms with Gasteiger partial charge in [0.25, 0.3) is 5.91 Å². The van der Waals surface area contributed by atoms with E-state index >= 15 is 0 Å². The van der Waals surface area contributed by atoms with Gasteiger partial charge in [-0.05, 0) is 62.1 Å². The zero-order chi connectivity index (χ0) is 24.0. The Bertz CT molecular complexity index is 1470. The van der Waals surface area contributed by atoms with E-state index in [-0.39, 0.29) is 23.4 Å². The number of aromatic nitrogens is 4. The number of hydrogen-bond acceptors (Lipinski definition) is 4. The fraction of sp³-hybridized carbons (Fsp3) is 0.360. The van der Waals surface area contributed by atoms with Crippen LogP contribution in [0, 0.1) is 12.8 Å². The van der Waals surface area contributed by atoms with E-state index in [2.05, 4.69) is 15.3 Å². The highest BCUT2D eigenvalue weighted by molar-refractivity contribution is 5.97. The number of rotatable bonds is 4. The smallest absolute Gasteiger partial charge is 0.328 e. The average Bonchev–Trinajstić information content (AvgIpc) is 3.30. The van der Waals surface area contributed by atoms with E-state index < -0.39 is 0 Å². The van der Waals surface area contributed by atoms with E-state index in [4.69, 9.17) is 0 Å². The standard InChI is InChI=1S/C25H28N6O3/c1-15-26-19-6-5-18(14-20(19)27-15)28-23(32)12-16-8-10-31(11-9-16)24(33)17-4-7-21-22(13-17)30(3)25(34)29(21)2/h4-7,13-14,16H,8-12H2,1-3H3,(H,26,27)(H,28,32). The number of aromatic amines is 1. The molecule has 5 rings (SSSR count). The molecule has 1 fully saturated rings. The Kier molecular flexibility index (Phi) is 5.47. The zero-order valence-electron chi connectivity index (χ0n) is 19.6. The van der Waals surface area contributed by atoms with Crippen LogP contribution in [0.2, 0.25) is 0 Å². The van der Waals surface area contributed by atoms with Crippen molar-refractivity contribution in [1.82, 2.24) is 24.0 Å². The lowest BCUT2D eigenvalue weighted by atomic mass is 9.92. The Hall–Kier alpha value is -3.88. The number of likely N-dealkylation sites (tertiary alicyclic amines) is 1. The van der Waals surface area contributed by atoms with Crippen molar-refractivity contribution >= 4 is 39.6 Å². The normalized spacial score (nSPS) is 14.7. The maximum absolute atomic E-state index is 13.1. The lowest BCUT2D eigenvalue weighted by Gasteiger charge is -2.32. The molecule has 0 aliphatic carbocycles. The van der Waals surface area contributed by atoms with Crippen LogP contribution in [0.3, 0.4) is 0 Å². The van der Waals surface area contributed by atoms with Crippen LogP contribution in [-0.2, 0) is 18.9 Å². The molecule has 1 aliphatic heterocycles. The Morgan fingerprint density at radius 1 is 1.06 bits per heavy atom. The van der Waals surface area contributed by atoms with E-state index in [1.807, 2.05) is 36.1 Å². The quantitative estimate of drug-likeness (QED) is 0.488. The van der Waals surface area contributed by atoms with E-state index in [1.54, 1.807) is 35.4 Å². The van der Waals surface area contributed by atoms with Gasteiger partial charge in [-0.15, -0.1) is 0 Å². The third-order valence-corrected chi connectivity index (χ3v) is 6.78. The minimum Gasteiger partial charge on any atom is -0.342 e. The minimum absolute atomic E-state index is 0.0178. The van der Waals surface area contributed by atoms with Gasteiger partial charge in [-0.25, -0.2) is 9.78 Å². The van der Waals surface area contributed by atoms with Crippen LogP contribution in [-0.4, -0.2) is 48.9 Å². The molecule has 3 heterocycles. The highest BCUT2D eigenvalue weighted by Crippen LogP contribution is 2.24. The summed E-state index contributed by atoms with van der Waals surface area (Å²) in [6.45, 7) is 3.13. The molecule has 0 spiro atoms. The molecular formula is C25H28N6O3. The van der Waals surface area contributed by atoms with E-state index in [1.165, 1.54) is 0 Å². The molecule has 2 aromatic heterocycles. The monoisotopic (exact) mass is 460 g/mol. The first-order valence-electron chi connectivity index (χ1n) is 11.5. The van der Waals surface area contributed by atoms with Crippen molar-refractivity contribution in [2.45, 2.75) is 26.2 Å². The van der Waals surface area contributed by atoms with Gasteiger partial charge >= 0.3 is 5.69 Å². The molecule has 9 nitrogen and oxygen atoms in total. The van der Waals surface area contributed by atoms with Gasteiger partial charge in [0.15, 0.2) is 0 Å². The minimum atomic E-state index is -0.113. The molecule has 0 radical (unpaired) electrons. The number of nitrogens with one attached hydrogen (secondary N) is 2. The van der Waals surface area contributed by atoms with Gasteiger partial charge < -0.3 is 15.2 Å². The number of aryl methyl sites for hydroxylation is 3. The van der Waals surface area contributed by atoms with E-state index in [0.717, 1.165) is 46.4 Å². The Balaban J connectivity index is 1.18. The fourth-order valence-electron chi connectivity index (χ4n) is 4.85. The lowest BCUT2D eigenvalue weighted by molar-refractivity contribution is -0.117. The topological polar surface area (TPSA) is 105 Å². The van der Waals surface area contributed by atoms with Crippen LogP contribution in [0.15, 0.2) is 41.2 Å². The number of imidazole rings is 2. The molecule has 4 aromatic rings. The molecule has 9 heteroatoms. The molecule has 176 valence electrons. The first kappa shape index (κ1) is 21.9. The number of hydrogen-bond donors (Lipinski definition) is 2. The summed E-state index contributed by atoms with van der Waals surface area (Å²) < 4.78 is 3.14. The number of fused-ring (bicyclic) bond motifs is 2. The number of carbonyl (C=O) groups excluding carboxylic acids is 2. The number of carbonyl (C=O) groups is 2. The van der Waals surface area contributed by atoms with Crippen molar-refractivity contribution in [3.8, 4) is 0 Å². The number of benzene rings is 2. The van der Waals surface area contributed by atoms with Crippen molar-refractivity contribution in [1.29, 1.82) is 0 Å². The molecule has 34 heavy (non-hydrogen) atoms. The predicted molar refractivity (Wildman–Crippen MR) is 131 cm³/mol. The maximum atomic E-state index is 13.1. The van der Waals surface area contributed by atoms with Crippen molar-refractivity contribution in [3.63, 3.8) is 0 Å². The maximum Gasteiger partial charge on any atom is 0.328 e. The number of nitrogens with zero attached hydrogens (tertiary/aromatic N) is 4. The second-order valence-electron chi connectivity index (χ2n) is 9.15. The highest BCUT2D eigenvalue weighted by atomic mass is 16.2. The largest absolute Gasteiger partial charge is 0.342 e. The van der Waals surface area contributed by atoms with Crippen LogP contribution in [0.1, 0.15) is 35.4 Å². The Morgan fingerprint density at radius 3 is 2.56 bits per heavy atom. The fourth-order valence-corrected chi connectivity index (χ4v) is 4.85. The van der Waals surface area contributed by atoms with Gasteiger partial charge in [0.05, 0.1) is 22.1 Å². The first-order valence-corrected chi connectivity index (χ1v) is 11.5. The number of H-pyrrole nitrogens is 1. The molecule has 0 bridgehead atoms. The zero-order valence-corrected chi connectivity index (χ0v) is 19.6. The van der Waals surface area contributed by atoms with Gasteiger partial charge in [0, 0.05) is 44.9 Å². The van der Waals surface area contributed by atoms with E-state index in [0.29, 0.717) is 25.1 Å². The van der Waals surface area contributed by atoms with Crippen LogP contribution in [0.4, 0.5) is 5.69 Å². The van der Waals surface area contributed by atoms with Gasteiger partial charge in [0.2, 0.25) is 5.91 Å². The summed E-state index contributed by atoms with van der Waals surface area (Å²) in [5.41, 5.74) is 4.54. The molecule has 2 N–H and O–H groups in total. The van der Waals surface area contributed by atoms with Crippen molar-refractivity contribution in [3.05, 3.63) is 58.3 Å². The molecular weight excluding hydrogens is 432 g/mol. The Morgan fingerprint density at radius 2 is 1.79 bits per heavy atom. The molecule has 2 amide bonds.